The molecule has 64 heavy (non-hydrogen) atoms. The van der Waals surface area contributed by atoms with Crippen LogP contribution in [0.2, 0.25) is 0 Å². The largest absolute Gasteiger partial charge is 0.454 e. The van der Waals surface area contributed by atoms with E-state index in [1.165, 1.54) is 0 Å². The third kappa shape index (κ3) is 6.57. The van der Waals surface area contributed by atoms with Gasteiger partial charge in [-0.1, -0.05) is 170 Å². The maximum atomic E-state index is 6.69. The first kappa shape index (κ1) is 37.2. The Morgan fingerprint density at radius 1 is 0.234 bits per heavy atom. The summed E-state index contributed by atoms with van der Waals surface area (Å²) in [7, 11) is 0. The molecule has 302 valence electrons. The first-order chi connectivity index (χ1) is 31.7. The second-order valence-corrected chi connectivity index (χ2v) is 16.1. The van der Waals surface area contributed by atoms with E-state index in [0.29, 0.717) is 0 Å². The maximum Gasteiger partial charge on any atom is 0.159 e. The molecule has 0 atom stereocenters. The number of hydrogen-bond acceptors (Lipinski definition) is 4. The molecular weight excluding hydrogens is 781 g/mol. The van der Waals surface area contributed by atoms with Crippen molar-refractivity contribution in [2.45, 2.75) is 0 Å². The van der Waals surface area contributed by atoms with Crippen LogP contribution in [0.15, 0.2) is 251 Å². The fourth-order valence-electron chi connectivity index (χ4n) is 9.23. The lowest BCUT2D eigenvalue weighted by Crippen LogP contribution is -2.11. The van der Waals surface area contributed by atoms with Crippen LogP contribution < -0.4 is 9.80 Å². The highest BCUT2D eigenvalue weighted by Gasteiger charge is 2.23. The number of benzene rings is 10. The molecule has 4 heteroatoms. The van der Waals surface area contributed by atoms with E-state index in [1.807, 2.05) is 24.3 Å². The lowest BCUT2D eigenvalue weighted by Gasteiger charge is -2.27. The second-order valence-electron chi connectivity index (χ2n) is 16.1. The van der Waals surface area contributed by atoms with Crippen LogP contribution in [0, 0.1) is 0 Å². The molecule has 0 N–H and O–H groups in total. The number of nitrogens with zero attached hydrogens (tertiary/aromatic N) is 2. The number of anilines is 6. The van der Waals surface area contributed by atoms with Crippen LogP contribution in [0.4, 0.5) is 34.1 Å². The third-order valence-electron chi connectivity index (χ3n) is 12.2. The molecular formula is C60H40N2O2. The molecule has 2 heterocycles. The Labute approximate surface area is 371 Å². The molecule has 12 aromatic rings. The number of para-hydroxylation sites is 4. The normalized spacial score (nSPS) is 11.4. The van der Waals surface area contributed by atoms with Crippen molar-refractivity contribution < 1.29 is 8.83 Å². The Morgan fingerprint density at radius 2 is 0.531 bits per heavy atom. The molecule has 0 radical (unpaired) electrons. The van der Waals surface area contributed by atoms with Gasteiger partial charge in [-0.2, -0.15) is 0 Å². The van der Waals surface area contributed by atoms with Crippen LogP contribution in [0.3, 0.4) is 0 Å². The Hall–Kier alpha value is -8.60. The molecule has 0 amide bonds. The van der Waals surface area contributed by atoms with E-state index < -0.39 is 0 Å². The number of furan rings is 2. The predicted molar refractivity (Wildman–Crippen MR) is 267 cm³/mol. The van der Waals surface area contributed by atoms with E-state index in [0.717, 1.165) is 111 Å². The topological polar surface area (TPSA) is 32.8 Å². The molecule has 0 bridgehead atoms. The summed E-state index contributed by atoms with van der Waals surface area (Å²) in [6, 6.07) is 85.7. The monoisotopic (exact) mass is 820 g/mol. The van der Waals surface area contributed by atoms with Crippen LogP contribution in [0.5, 0.6) is 0 Å². The van der Waals surface area contributed by atoms with Crippen LogP contribution in [-0.2, 0) is 0 Å². The van der Waals surface area contributed by atoms with Gasteiger partial charge in [-0.25, -0.2) is 0 Å². The van der Waals surface area contributed by atoms with Gasteiger partial charge in [0.1, 0.15) is 11.2 Å². The average molecular weight is 821 g/mol. The quantitative estimate of drug-likeness (QED) is 0.145. The Kier molecular flexibility index (Phi) is 9.12. The van der Waals surface area contributed by atoms with Crippen molar-refractivity contribution in [3.63, 3.8) is 0 Å². The number of fused-ring (bicyclic) bond motifs is 6. The zero-order valence-electron chi connectivity index (χ0n) is 34.8. The highest BCUT2D eigenvalue weighted by molar-refractivity contribution is 6.11. The Balaban J connectivity index is 1.02. The summed E-state index contributed by atoms with van der Waals surface area (Å²) in [5.41, 5.74) is 16.2. The Bertz CT molecular complexity index is 3400. The summed E-state index contributed by atoms with van der Waals surface area (Å²) < 4.78 is 13.4. The van der Waals surface area contributed by atoms with Crippen molar-refractivity contribution in [3.05, 3.63) is 243 Å². The number of rotatable bonds is 9. The standard InChI is InChI=1S/C60H40N2O2/c1-3-17-41(18-4-1)43-21-11-25-47(37-43)61(55-33-15-31-53-51-29-7-9-35-57(51)63-59(53)55)49-27-13-23-45(39-49)46-24-14-28-50(40-46)62(48-26-12-22-44(38-48)42-19-5-2-6-20-42)56-34-16-32-54-52-30-8-10-36-58(52)64-60(54)56/h1-40H. The van der Waals surface area contributed by atoms with Crippen LogP contribution in [0.1, 0.15) is 0 Å². The van der Waals surface area contributed by atoms with E-state index >= 15 is 0 Å². The summed E-state index contributed by atoms with van der Waals surface area (Å²) >= 11 is 0. The molecule has 0 unspecified atom stereocenters. The van der Waals surface area contributed by atoms with Gasteiger partial charge in [0.25, 0.3) is 0 Å². The van der Waals surface area contributed by atoms with Crippen LogP contribution >= 0.6 is 0 Å². The highest BCUT2D eigenvalue weighted by atomic mass is 16.3. The highest BCUT2D eigenvalue weighted by Crippen LogP contribution is 2.46. The molecule has 0 aliphatic heterocycles. The SMILES string of the molecule is c1ccc(-c2cccc(N(c3cccc(-c4cccc(N(c5cccc(-c6ccccc6)c5)c5cccc6c5oc5ccccc56)c4)c3)c3cccc4c3oc3ccccc34)c2)cc1. The molecule has 4 nitrogen and oxygen atoms in total. The Morgan fingerprint density at radius 3 is 0.922 bits per heavy atom. The van der Waals surface area contributed by atoms with E-state index in [9.17, 15) is 0 Å². The van der Waals surface area contributed by atoms with E-state index in [1.54, 1.807) is 0 Å². The fraction of sp³-hybridized carbons (Fsp3) is 0. The van der Waals surface area contributed by atoms with Crippen LogP contribution in [0.25, 0.3) is 77.3 Å². The third-order valence-corrected chi connectivity index (χ3v) is 12.2. The van der Waals surface area contributed by atoms with Gasteiger partial charge in [0.05, 0.1) is 11.4 Å². The van der Waals surface area contributed by atoms with Gasteiger partial charge >= 0.3 is 0 Å². The van der Waals surface area contributed by atoms with Crippen molar-refractivity contribution in [1.29, 1.82) is 0 Å². The summed E-state index contributed by atoms with van der Waals surface area (Å²) in [4.78, 5) is 4.66. The van der Waals surface area contributed by atoms with Crippen molar-refractivity contribution in [3.8, 4) is 33.4 Å². The minimum Gasteiger partial charge on any atom is -0.454 e. The van der Waals surface area contributed by atoms with Crippen molar-refractivity contribution >= 4 is 78.0 Å². The molecule has 10 aromatic carbocycles. The summed E-state index contributed by atoms with van der Waals surface area (Å²) in [5.74, 6) is 0. The number of hydrogen-bond donors (Lipinski definition) is 0. The zero-order valence-corrected chi connectivity index (χ0v) is 34.8. The minimum atomic E-state index is 0.842. The minimum absolute atomic E-state index is 0.842. The van der Waals surface area contributed by atoms with E-state index in [-0.39, 0.29) is 0 Å². The first-order valence-electron chi connectivity index (χ1n) is 21.7. The molecule has 0 spiro atoms. The van der Waals surface area contributed by atoms with Gasteiger partial charge in [-0.05, 0) is 106 Å². The summed E-state index contributed by atoms with van der Waals surface area (Å²) in [6.45, 7) is 0. The first-order valence-corrected chi connectivity index (χ1v) is 21.7. The van der Waals surface area contributed by atoms with E-state index in [4.69, 9.17) is 8.83 Å². The molecule has 12 rings (SSSR count). The van der Waals surface area contributed by atoms with Crippen molar-refractivity contribution in [1.82, 2.24) is 0 Å². The van der Waals surface area contributed by atoms with Crippen molar-refractivity contribution in [2.75, 3.05) is 9.80 Å². The van der Waals surface area contributed by atoms with Crippen LogP contribution in [-0.4, -0.2) is 0 Å². The van der Waals surface area contributed by atoms with Crippen molar-refractivity contribution in [2.24, 2.45) is 0 Å². The smallest absolute Gasteiger partial charge is 0.159 e. The maximum absolute atomic E-state index is 6.69. The molecule has 0 aliphatic rings. The molecule has 0 fully saturated rings. The summed E-state index contributed by atoms with van der Waals surface area (Å²) in [5, 5.41) is 4.36. The average Bonchev–Trinajstić information content (AvgIpc) is 3.95. The second kappa shape index (κ2) is 15.7. The fourth-order valence-corrected chi connectivity index (χ4v) is 9.23. The summed E-state index contributed by atoms with van der Waals surface area (Å²) in [6.07, 6.45) is 0. The zero-order chi connectivity index (χ0) is 42.4. The lowest BCUT2D eigenvalue weighted by molar-refractivity contribution is 0.668. The molecule has 0 saturated carbocycles. The van der Waals surface area contributed by atoms with E-state index in [2.05, 4.69) is 228 Å². The van der Waals surface area contributed by atoms with Gasteiger partial charge in [0.2, 0.25) is 0 Å². The molecule has 2 aromatic heterocycles. The van der Waals surface area contributed by atoms with Gasteiger partial charge in [-0.15, -0.1) is 0 Å². The lowest BCUT2D eigenvalue weighted by atomic mass is 10.0. The van der Waals surface area contributed by atoms with Gasteiger partial charge in [0.15, 0.2) is 11.2 Å². The van der Waals surface area contributed by atoms with Gasteiger partial charge < -0.3 is 18.6 Å². The predicted octanol–water partition coefficient (Wildman–Crippen LogP) is 17.4. The molecule has 0 saturated heterocycles. The van der Waals surface area contributed by atoms with Gasteiger partial charge in [-0.3, -0.25) is 0 Å². The molecule has 0 aliphatic carbocycles. The van der Waals surface area contributed by atoms with Gasteiger partial charge in [0, 0.05) is 44.3 Å².